The molecule has 0 spiro atoms. The zero-order valence-electron chi connectivity index (χ0n) is 14.9. The number of halogens is 2. The minimum atomic E-state index is -1.34. The average molecular weight is 408 g/mol. The van der Waals surface area contributed by atoms with Gasteiger partial charge in [0.25, 0.3) is 0 Å². The van der Waals surface area contributed by atoms with Crippen molar-refractivity contribution < 1.29 is 29.3 Å². The highest BCUT2D eigenvalue weighted by molar-refractivity contribution is 6.38. The van der Waals surface area contributed by atoms with Crippen LogP contribution in [0, 0.1) is 0 Å². The molecule has 1 aromatic carbocycles. The SMILES string of the molecule is CC(C)(C)OC(=O)CNCCCCOc1c(Cl)cc(C(=O)O)c(O)c1Cl. The molecule has 0 atom stereocenters. The number of carbonyl (C=O) groups is 2. The van der Waals surface area contributed by atoms with Crippen LogP contribution in [0.15, 0.2) is 6.07 Å². The number of rotatable bonds is 9. The zero-order valence-corrected chi connectivity index (χ0v) is 16.4. The first-order chi connectivity index (χ1) is 12.0. The second kappa shape index (κ2) is 9.85. The average Bonchev–Trinajstić information content (AvgIpc) is 2.50. The molecular formula is C17H23Cl2NO6. The van der Waals surface area contributed by atoms with Gasteiger partial charge in [0, 0.05) is 0 Å². The van der Waals surface area contributed by atoms with E-state index < -0.39 is 22.9 Å². The molecule has 3 N–H and O–H groups in total. The molecule has 0 aliphatic heterocycles. The van der Waals surface area contributed by atoms with Gasteiger partial charge in [-0.05, 0) is 46.2 Å². The maximum absolute atomic E-state index is 11.5. The molecule has 146 valence electrons. The van der Waals surface area contributed by atoms with E-state index in [1.807, 2.05) is 0 Å². The summed E-state index contributed by atoms with van der Waals surface area (Å²) in [7, 11) is 0. The van der Waals surface area contributed by atoms with Crippen LogP contribution in [0.4, 0.5) is 0 Å². The number of phenols is 1. The number of esters is 1. The van der Waals surface area contributed by atoms with Gasteiger partial charge in [0.1, 0.15) is 16.2 Å². The number of carboxylic acid groups (broad SMARTS) is 1. The summed E-state index contributed by atoms with van der Waals surface area (Å²) in [6.45, 7) is 6.39. The summed E-state index contributed by atoms with van der Waals surface area (Å²) in [4.78, 5) is 22.5. The number of carbonyl (C=O) groups excluding carboxylic acids is 1. The van der Waals surface area contributed by atoms with E-state index in [0.717, 1.165) is 12.5 Å². The fraction of sp³-hybridized carbons (Fsp3) is 0.529. The Hall–Kier alpha value is -1.70. The van der Waals surface area contributed by atoms with E-state index in [1.165, 1.54) is 0 Å². The first kappa shape index (κ1) is 22.3. The standard InChI is InChI=1S/C17H23Cl2NO6/c1-17(2,3)26-12(21)9-20-6-4-5-7-25-15-11(18)8-10(16(23)24)14(22)13(15)19/h8,20,22H,4-7,9H2,1-3H3,(H,23,24). The van der Waals surface area contributed by atoms with Gasteiger partial charge in [0.2, 0.25) is 0 Å². The van der Waals surface area contributed by atoms with Crippen molar-refractivity contribution in [3.63, 3.8) is 0 Å². The number of aromatic hydroxyl groups is 1. The Morgan fingerprint density at radius 2 is 1.88 bits per heavy atom. The summed E-state index contributed by atoms with van der Waals surface area (Å²) >= 11 is 11.9. The normalized spacial score (nSPS) is 11.3. The Morgan fingerprint density at radius 1 is 1.23 bits per heavy atom. The number of aromatic carboxylic acids is 1. The molecule has 26 heavy (non-hydrogen) atoms. The van der Waals surface area contributed by atoms with E-state index in [4.69, 9.17) is 37.8 Å². The topological polar surface area (TPSA) is 105 Å². The maximum Gasteiger partial charge on any atom is 0.339 e. The fourth-order valence-electron chi connectivity index (χ4n) is 1.98. The number of ether oxygens (including phenoxy) is 2. The first-order valence-electron chi connectivity index (χ1n) is 8.02. The summed E-state index contributed by atoms with van der Waals surface area (Å²) in [6.07, 6.45) is 1.35. The van der Waals surface area contributed by atoms with Crippen molar-refractivity contribution in [1.29, 1.82) is 0 Å². The minimum absolute atomic E-state index is 0.00764. The van der Waals surface area contributed by atoms with Gasteiger partial charge in [0.05, 0.1) is 18.2 Å². The Labute approximate surface area is 162 Å². The van der Waals surface area contributed by atoms with Crippen molar-refractivity contribution in [3.05, 3.63) is 21.7 Å². The van der Waals surface area contributed by atoms with Crippen LogP contribution in [-0.2, 0) is 9.53 Å². The molecule has 0 saturated heterocycles. The molecule has 0 heterocycles. The third-order valence-corrected chi connectivity index (χ3v) is 3.70. The lowest BCUT2D eigenvalue weighted by molar-refractivity contribution is -0.153. The van der Waals surface area contributed by atoms with Crippen LogP contribution in [0.2, 0.25) is 10.0 Å². The van der Waals surface area contributed by atoms with Crippen LogP contribution in [0.25, 0.3) is 0 Å². The van der Waals surface area contributed by atoms with Crippen LogP contribution in [0.1, 0.15) is 44.0 Å². The minimum Gasteiger partial charge on any atom is -0.505 e. The third-order valence-electron chi connectivity index (χ3n) is 3.06. The van der Waals surface area contributed by atoms with Crippen LogP contribution < -0.4 is 10.1 Å². The second-order valence-corrected chi connectivity index (χ2v) is 7.31. The Morgan fingerprint density at radius 3 is 2.46 bits per heavy atom. The zero-order chi connectivity index (χ0) is 19.9. The molecule has 0 unspecified atom stereocenters. The summed E-state index contributed by atoms with van der Waals surface area (Å²) in [5.41, 5.74) is -0.897. The molecule has 7 nitrogen and oxygen atoms in total. The van der Waals surface area contributed by atoms with Gasteiger partial charge in [-0.15, -0.1) is 0 Å². The van der Waals surface area contributed by atoms with Gasteiger partial charge in [-0.1, -0.05) is 23.2 Å². The number of nitrogens with one attached hydrogen (secondary N) is 1. The molecule has 0 radical (unpaired) electrons. The molecule has 0 aliphatic carbocycles. The largest absolute Gasteiger partial charge is 0.505 e. The highest BCUT2D eigenvalue weighted by Crippen LogP contribution is 2.41. The van der Waals surface area contributed by atoms with E-state index >= 15 is 0 Å². The van der Waals surface area contributed by atoms with E-state index in [1.54, 1.807) is 20.8 Å². The summed E-state index contributed by atoms with van der Waals surface area (Å²) in [6, 6.07) is 1.09. The number of unbranched alkanes of at least 4 members (excludes halogenated alkanes) is 1. The van der Waals surface area contributed by atoms with Gasteiger partial charge in [0.15, 0.2) is 11.5 Å². The van der Waals surface area contributed by atoms with E-state index in [2.05, 4.69) is 5.32 Å². The quantitative estimate of drug-likeness (QED) is 0.424. The predicted molar refractivity (Wildman–Crippen MR) is 98.5 cm³/mol. The van der Waals surface area contributed by atoms with Crippen molar-refractivity contribution >= 4 is 35.1 Å². The van der Waals surface area contributed by atoms with Crippen molar-refractivity contribution in [1.82, 2.24) is 5.32 Å². The lowest BCUT2D eigenvalue weighted by atomic mass is 10.2. The van der Waals surface area contributed by atoms with Gasteiger partial charge in [-0.25, -0.2) is 4.79 Å². The molecule has 0 amide bonds. The fourth-order valence-corrected chi connectivity index (χ4v) is 2.55. The van der Waals surface area contributed by atoms with E-state index in [0.29, 0.717) is 13.0 Å². The molecule has 1 rings (SSSR count). The second-order valence-electron chi connectivity index (χ2n) is 6.52. The van der Waals surface area contributed by atoms with Gasteiger partial charge in [-0.3, -0.25) is 4.79 Å². The monoisotopic (exact) mass is 407 g/mol. The summed E-state index contributed by atoms with van der Waals surface area (Å²) in [5, 5.41) is 21.5. The molecule has 0 aromatic heterocycles. The smallest absolute Gasteiger partial charge is 0.339 e. The molecule has 0 aliphatic rings. The molecule has 9 heteroatoms. The maximum atomic E-state index is 11.5. The summed E-state index contributed by atoms with van der Waals surface area (Å²) in [5.74, 6) is -2.20. The number of hydrogen-bond acceptors (Lipinski definition) is 6. The van der Waals surface area contributed by atoms with Crippen LogP contribution in [-0.4, -0.2) is 47.4 Å². The van der Waals surface area contributed by atoms with E-state index in [9.17, 15) is 14.7 Å². The van der Waals surface area contributed by atoms with E-state index in [-0.39, 0.29) is 34.9 Å². The number of carboxylic acids is 1. The van der Waals surface area contributed by atoms with Gasteiger partial charge in [-0.2, -0.15) is 0 Å². The van der Waals surface area contributed by atoms with Crippen molar-refractivity contribution in [2.24, 2.45) is 0 Å². The first-order valence-corrected chi connectivity index (χ1v) is 8.78. The van der Waals surface area contributed by atoms with Crippen molar-refractivity contribution in [2.75, 3.05) is 19.7 Å². The van der Waals surface area contributed by atoms with Gasteiger partial charge < -0.3 is 25.0 Å². The molecule has 1 aromatic rings. The lowest BCUT2D eigenvalue weighted by Crippen LogP contribution is -2.32. The lowest BCUT2D eigenvalue weighted by Gasteiger charge is -2.19. The molecule has 0 saturated carbocycles. The van der Waals surface area contributed by atoms with Crippen molar-refractivity contribution in [2.45, 2.75) is 39.2 Å². The van der Waals surface area contributed by atoms with Crippen LogP contribution >= 0.6 is 23.2 Å². The molecule has 0 bridgehead atoms. The predicted octanol–water partition coefficient (Wildman–Crippen LogP) is 3.49. The molecule has 0 fully saturated rings. The van der Waals surface area contributed by atoms with Gasteiger partial charge >= 0.3 is 11.9 Å². The number of hydrogen-bond donors (Lipinski definition) is 3. The third kappa shape index (κ3) is 7.27. The Balaban J connectivity index is 2.36. The molecular weight excluding hydrogens is 385 g/mol. The Kier molecular flexibility index (Phi) is 8.46. The highest BCUT2D eigenvalue weighted by atomic mass is 35.5. The van der Waals surface area contributed by atoms with Crippen molar-refractivity contribution in [3.8, 4) is 11.5 Å². The van der Waals surface area contributed by atoms with Crippen LogP contribution in [0.5, 0.6) is 11.5 Å². The number of benzene rings is 1. The van der Waals surface area contributed by atoms with Crippen LogP contribution in [0.3, 0.4) is 0 Å². The summed E-state index contributed by atoms with van der Waals surface area (Å²) < 4.78 is 10.6. The highest BCUT2D eigenvalue weighted by Gasteiger charge is 2.20. The Bertz CT molecular complexity index is 658.